The van der Waals surface area contributed by atoms with E-state index in [1.807, 2.05) is 0 Å². The second kappa shape index (κ2) is 3.18. The van der Waals surface area contributed by atoms with Crippen molar-refractivity contribution in [2.45, 2.75) is 39.5 Å². The highest BCUT2D eigenvalue weighted by atomic mass is 16.1. The molecule has 58 valence electrons. The minimum atomic E-state index is 0.470. The summed E-state index contributed by atoms with van der Waals surface area (Å²) in [6, 6.07) is 0. The van der Waals surface area contributed by atoms with E-state index in [0.717, 1.165) is 25.2 Å². The first-order valence-corrected chi connectivity index (χ1v) is 4.25. The summed E-state index contributed by atoms with van der Waals surface area (Å²) in [5, 5.41) is 0. The highest BCUT2D eigenvalue weighted by Gasteiger charge is 2.23. The number of rotatable bonds is 1. The molecule has 0 amide bonds. The van der Waals surface area contributed by atoms with Gasteiger partial charge in [0.05, 0.1) is 0 Å². The molecule has 1 aliphatic rings. The number of hydrogen-bond donors (Lipinski definition) is 0. The van der Waals surface area contributed by atoms with Crippen molar-refractivity contribution in [1.29, 1.82) is 0 Å². The zero-order valence-electron chi connectivity index (χ0n) is 6.89. The summed E-state index contributed by atoms with van der Waals surface area (Å²) in [4.78, 5) is 10.9. The molecule has 0 unspecified atom stereocenters. The largest absolute Gasteiger partial charge is 0.300 e. The van der Waals surface area contributed by atoms with Gasteiger partial charge in [-0.25, -0.2) is 0 Å². The minimum Gasteiger partial charge on any atom is -0.300 e. The van der Waals surface area contributed by atoms with E-state index in [1.165, 1.54) is 6.42 Å². The molecule has 0 aromatic rings. The van der Waals surface area contributed by atoms with Crippen LogP contribution in [0.3, 0.4) is 0 Å². The van der Waals surface area contributed by atoms with E-state index in [-0.39, 0.29) is 0 Å². The lowest BCUT2D eigenvalue weighted by Gasteiger charge is -2.26. The van der Waals surface area contributed by atoms with Gasteiger partial charge in [-0.2, -0.15) is 0 Å². The Labute approximate surface area is 62.8 Å². The fourth-order valence-electron chi connectivity index (χ4n) is 1.87. The van der Waals surface area contributed by atoms with E-state index in [2.05, 4.69) is 13.8 Å². The summed E-state index contributed by atoms with van der Waals surface area (Å²) >= 11 is 0. The van der Waals surface area contributed by atoms with Crippen molar-refractivity contribution in [3.05, 3.63) is 0 Å². The van der Waals surface area contributed by atoms with Gasteiger partial charge in [-0.1, -0.05) is 20.3 Å². The third-order valence-electron chi connectivity index (χ3n) is 2.67. The van der Waals surface area contributed by atoms with Crippen LogP contribution in [0.2, 0.25) is 0 Å². The summed E-state index contributed by atoms with van der Waals surface area (Å²) in [6.45, 7) is 4.42. The summed E-state index contributed by atoms with van der Waals surface area (Å²) < 4.78 is 0. The molecular weight excluding hydrogens is 124 g/mol. The van der Waals surface area contributed by atoms with Crippen molar-refractivity contribution in [3.8, 4) is 0 Å². The topological polar surface area (TPSA) is 17.1 Å². The Balaban J connectivity index is 2.43. The fraction of sp³-hybridized carbons (Fsp3) is 0.889. The predicted molar refractivity (Wildman–Crippen MR) is 41.8 cm³/mol. The molecule has 0 aromatic carbocycles. The second-order valence-electron chi connectivity index (χ2n) is 3.43. The SMILES string of the molecule is CC[C@H]1CCC(=O)C[C@H]1C. The van der Waals surface area contributed by atoms with Crippen LogP contribution in [0.15, 0.2) is 0 Å². The fourth-order valence-corrected chi connectivity index (χ4v) is 1.87. The van der Waals surface area contributed by atoms with Crippen molar-refractivity contribution in [2.75, 3.05) is 0 Å². The van der Waals surface area contributed by atoms with Gasteiger partial charge in [-0.15, -0.1) is 0 Å². The standard InChI is InChI=1S/C9H16O/c1-3-8-4-5-9(10)6-7(8)2/h7-8H,3-6H2,1-2H3/t7-,8+/m1/s1. The molecular formula is C9H16O. The van der Waals surface area contributed by atoms with Crippen LogP contribution in [0.5, 0.6) is 0 Å². The monoisotopic (exact) mass is 140 g/mol. The average Bonchev–Trinajstić information content (AvgIpc) is 1.88. The van der Waals surface area contributed by atoms with Crippen LogP contribution in [0.4, 0.5) is 0 Å². The maximum Gasteiger partial charge on any atom is 0.133 e. The Bertz CT molecular complexity index is 129. The third-order valence-corrected chi connectivity index (χ3v) is 2.67. The van der Waals surface area contributed by atoms with E-state index >= 15 is 0 Å². The zero-order chi connectivity index (χ0) is 7.56. The first-order valence-electron chi connectivity index (χ1n) is 4.25. The number of Topliss-reactive ketones (excluding diaryl/α,β-unsaturated/α-hetero) is 1. The normalized spacial score (nSPS) is 34.4. The summed E-state index contributed by atoms with van der Waals surface area (Å²) in [5.74, 6) is 1.93. The van der Waals surface area contributed by atoms with E-state index in [1.54, 1.807) is 0 Å². The van der Waals surface area contributed by atoms with Crippen molar-refractivity contribution in [3.63, 3.8) is 0 Å². The molecule has 0 saturated heterocycles. The van der Waals surface area contributed by atoms with Crippen LogP contribution < -0.4 is 0 Å². The van der Waals surface area contributed by atoms with Crippen LogP contribution in [0, 0.1) is 11.8 Å². The van der Waals surface area contributed by atoms with Gasteiger partial charge in [-0.3, -0.25) is 4.79 Å². The lowest BCUT2D eigenvalue weighted by molar-refractivity contribution is -0.122. The van der Waals surface area contributed by atoms with Gasteiger partial charge >= 0.3 is 0 Å². The average molecular weight is 140 g/mol. The molecule has 0 heterocycles. The number of carbonyl (C=O) groups excluding carboxylic acids is 1. The number of carbonyl (C=O) groups is 1. The minimum absolute atomic E-state index is 0.470. The molecule has 0 bridgehead atoms. The van der Waals surface area contributed by atoms with Gasteiger partial charge in [-0.05, 0) is 18.3 Å². The Morgan fingerprint density at radius 3 is 2.80 bits per heavy atom. The quantitative estimate of drug-likeness (QED) is 0.546. The molecule has 0 aromatic heterocycles. The van der Waals surface area contributed by atoms with Crippen LogP contribution in [-0.2, 0) is 4.79 Å². The molecule has 1 heteroatoms. The number of ketones is 1. The molecule has 0 aliphatic heterocycles. The molecule has 1 fully saturated rings. The molecule has 10 heavy (non-hydrogen) atoms. The molecule has 1 aliphatic carbocycles. The van der Waals surface area contributed by atoms with Gasteiger partial charge < -0.3 is 0 Å². The van der Waals surface area contributed by atoms with Crippen LogP contribution in [0.25, 0.3) is 0 Å². The lowest BCUT2D eigenvalue weighted by Crippen LogP contribution is -2.21. The Morgan fingerprint density at radius 2 is 2.30 bits per heavy atom. The van der Waals surface area contributed by atoms with Gasteiger partial charge in [0.2, 0.25) is 0 Å². The van der Waals surface area contributed by atoms with E-state index in [9.17, 15) is 4.79 Å². The highest BCUT2D eigenvalue weighted by Crippen LogP contribution is 2.29. The van der Waals surface area contributed by atoms with Crippen LogP contribution in [-0.4, -0.2) is 5.78 Å². The summed E-state index contributed by atoms with van der Waals surface area (Å²) in [5.41, 5.74) is 0. The van der Waals surface area contributed by atoms with Gasteiger partial charge in [0.25, 0.3) is 0 Å². The Morgan fingerprint density at radius 1 is 1.60 bits per heavy atom. The Kier molecular flexibility index (Phi) is 2.47. The van der Waals surface area contributed by atoms with E-state index in [0.29, 0.717) is 11.7 Å². The van der Waals surface area contributed by atoms with E-state index < -0.39 is 0 Å². The molecule has 2 atom stereocenters. The first-order chi connectivity index (χ1) is 4.74. The van der Waals surface area contributed by atoms with Gasteiger partial charge in [0.15, 0.2) is 0 Å². The van der Waals surface area contributed by atoms with Crippen LogP contribution in [0.1, 0.15) is 39.5 Å². The van der Waals surface area contributed by atoms with Crippen LogP contribution >= 0.6 is 0 Å². The van der Waals surface area contributed by atoms with Crippen molar-refractivity contribution < 1.29 is 4.79 Å². The molecule has 1 nitrogen and oxygen atoms in total. The summed E-state index contributed by atoms with van der Waals surface area (Å²) in [7, 11) is 0. The zero-order valence-corrected chi connectivity index (χ0v) is 6.89. The molecule has 0 spiro atoms. The summed E-state index contributed by atoms with van der Waals surface area (Å²) in [6.07, 6.45) is 4.05. The highest BCUT2D eigenvalue weighted by molar-refractivity contribution is 5.79. The van der Waals surface area contributed by atoms with E-state index in [4.69, 9.17) is 0 Å². The van der Waals surface area contributed by atoms with Crippen molar-refractivity contribution in [1.82, 2.24) is 0 Å². The lowest BCUT2D eigenvalue weighted by atomic mass is 9.78. The second-order valence-corrected chi connectivity index (χ2v) is 3.43. The van der Waals surface area contributed by atoms with Gasteiger partial charge in [0, 0.05) is 12.8 Å². The number of hydrogen-bond acceptors (Lipinski definition) is 1. The van der Waals surface area contributed by atoms with Crippen molar-refractivity contribution in [2.24, 2.45) is 11.8 Å². The van der Waals surface area contributed by atoms with Crippen molar-refractivity contribution >= 4 is 5.78 Å². The smallest absolute Gasteiger partial charge is 0.133 e. The molecule has 0 N–H and O–H groups in total. The third kappa shape index (κ3) is 1.59. The maximum atomic E-state index is 10.9. The maximum absolute atomic E-state index is 10.9. The first kappa shape index (κ1) is 7.77. The molecule has 1 saturated carbocycles. The molecule has 0 radical (unpaired) electrons. The van der Waals surface area contributed by atoms with Gasteiger partial charge in [0.1, 0.15) is 5.78 Å². The molecule has 1 rings (SSSR count). The Hall–Kier alpha value is -0.330. The predicted octanol–water partition coefficient (Wildman–Crippen LogP) is 2.40.